The van der Waals surface area contributed by atoms with Gasteiger partial charge in [-0.05, 0) is 49.8 Å². The molecule has 2 heterocycles. The van der Waals surface area contributed by atoms with Crippen molar-refractivity contribution in [3.8, 4) is 5.75 Å². The highest BCUT2D eigenvalue weighted by atomic mass is 16.5. The van der Waals surface area contributed by atoms with Gasteiger partial charge in [0.15, 0.2) is 0 Å². The maximum atomic E-state index is 13.0. The third-order valence-electron chi connectivity index (χ3n) is 5.15. The number of likely N-dealkylation sites (tertiary alicyclic amines) is 1. The predicted octanol–water partition coefficient (Wildman–Crippen LogP) is 4.87. The molecular weight excluding hydrogens is 340 g/mol. The second-order valence-corrected chi connectivity index (χ2v) is 7.69. The first kappa shape index (κ1) is 19.3. The fourth-order valence-electron chi connectivity index (χ4n) is 3.91. The van der Waals surface area contributed by atoms with E-state index >= 15 is 0 Å². The molecule has 0 aliphatic carbocycles. The van der Waals surface area contributed by atoms with Crippen LogP contribution in [0.25, 0.3) is 0 Å². The molecule has 3 rings (SSSR count). The molecule has 0 radical (unpaired) electrons. The first-order chi connectivity index (χ1) is 13.0. The molecule has 27 heavy (non-hydrogen) atoms. The predicted molar refractivity (Wildman–Crippen MR) is 107 cm³/mol. The van der Waals surface area contributed by atoms with Crippen molar-refractivity contribution in [2.24, 2.45) is 5.92 Å². The van der Waals surface area contributed by atoms with Crippen molar-refractivity contribution in [2.75, 3.05) is 19.0 Å². The van der Waals surface area contributed by atoms with Crippen molar-refractivity contribution >= 4 is 11.8 Å². The van der Waals surface area contributed by atoms with Crippen LogP contribution in [0.3, 0.4) is 0 Å². The number of hydrogen-bond donors (Lipinski definition) is 1. The molecule has 0 spiro atoms. The van der Waals surface area contributed by atoms with Crippen molar-refractivity contribution in [3.05, 3.63) is 42.1 Å². The maximum Gasteiger partial charge on any atom is 0.323 e. The Morgan fingerprint density at radius 3 is 2.67 bits per heavy atom. The van der Waals surface area contributed by atoms with E-state index in [0.29, 0.717) is 5.92 Å². The Hall–Kier alpha value is -2.50. The average Bonchev–Trinajstić information content (AvgIpc) is 3.30. The number of hydrogen-bond acceptors (Lipinski definition) is 3. The molecule has 1 aliphatic heterocycles. The van der Waals surface area contributed by atoms with Crippen LogP contribution in [0.4, 0.5) is 10.6 Å². The van der Waals surface area contributed by atoms with Gasteiger partial charge < -0.3 is 9.64 Å². The average molecular weight is 370 g/mol. The summed E-state index contributed by atoms with van der Waals surface area (Å²) < 4.78 is 7.15. The Morgan fingerprint density at radius 2 is 2.00 bits per heavy atom. The van der Waals surface area contributed by atoms with Crippen LogP contribution in [-0.4, -0.2) is 34.4 Å². The molecule has 1 N–H and O–H groups in total. The van der Waals surface area contributed by atoms with Crippen LogP contribution < -0.4 is 10.1 Å². The Kier molecular flexibility index (Phi) is 6.04. The van der Waals surface area contributed by atoms with E-state index in [9.17, 15) is 4.79 Å². The largest absolute Gasteiger partial charge is 0.497 e. The van der Waals surface area contributed by atoms with Gasteiger partial charge in [0.2, 0.25) is 0 Å². The van der Waals surface area contributed by atoms with Gasteiger partial charge in [-0.2, -0.15) is 5.10 Å². The maximum absolute atomic E-state index is 13.0. The monoisotopic (exact) mass is 370 g/mol. The lowest BCUT2D eigenvalue weighted by Gasteiger charge is -2.26. The quantitative estimate of drug-likeness (QED) is 0.789. The van der Waals surface area contributed by atoms with Gasteiger partial charge >= 0.3 is 6.03 Å². The summed E-state index contributed by atoms with van der Waals surface area (Å²) in [5.74, 6) is 2.16. The van der Waals surface area contributed by atoms with Gasteiger partial charge in [0.1, 0.15) is 11.6 Å². The van der Waals surface area contributed by atoms with Crippen LogP contribution >= 0.6 is 0 Å². The summed E-state index contributed by atoms with van der Waals surface area (Å²) >= 11 is 0. The summed E-state index contributed by atoms with van der Waals surface area (Å²) in [5.41, 5.74) is 1.14. The standard InChI is InChI=1S/C21H30N4O2/c1-15(2)14-16(3)25-20(11-12-22-25)23-21(26)24-13-5-6-19(24)17-7-9-18(27-4)10-8-17/h7-12,15-16,19H,5-6,13-14H2,1-4H3,(H,23,26)/t16-,19-/m1/s1. The van der Waals surface area contributed by atoms with Crippen molar-refractivity contribution < 1.29 is 9.53 Å². The lowest BCUT2D eigenvalue weighted by molar-refractivity contribution is 0.206. The molecule has 1 saturated heterocycles. The minimum Gasteiger partial charge on any atom is -0.497 e. The van der Waals surface area contributed by atoms with E-state index in [-0.39, 0.29) is 18.1 Å². The van der Waals surface area contributed by atoms with Crippen LogP contribution in [-0.2, 0) is 0 Å². The van der Waals surface area contributed by atoms with Crippen LogP contribution in [0.15, 0.2) is 36.5 Å². The molecule has 6 heteroatoms. The molecule has 1 aliphatic rings. The second-order valence-electron chi connectivity index (χ2n) is 7.69. The normalized spacial score (nSPS) is 18.0. The Bertz CT molecular complexity index is 754. The number of rotatable bonds is 6. The molecule has 6 nitrogen and oxygen atoms in total. The third kappa shape index (κ3) is 4.43. The number of urea groups is 1. The number of aromatic nitrogens is 2. The number of benzene rings is 1. The molecule has 2 atom stereocenters. The number of carbonyl (C=O) groups excluding carboxylic acids is 1. The SMILES string of the molecule is COc1ccc([C@H]2CCCN2C(=O)Nc2ccnn2[C@H](C)CC(C)C)cc1. The molecule has 0 saturated carbocycles. The smallest absolute Gasteiger partial charge is 0.323 e. The summed E-state index contributed by atoms with van der Waals surface area (Å²) in [5, 5.41) is 7.49. The van der Waals surface area contributed by atoms with Crippen molar-refractivity contribution in [1.82, 2.24) is 14.7 Å². The third-order valence-corrected chi connectivity index (χ3v) is 5.15. The van der Waals surface area contributed by atoms with Gasteiger partial charge in [-0.15, -0.1) is 0 Å². The van der Waals surface area contributed by atoms with Crippen LogP contribution in [0.5, 0.6) is 5.75 Å². The van der Waals surface area contributed by atoms with Crippen LogP contribution in [0.1, 0.15) is 57.7 Å². The number of anilines is 1. The molecule has 146 valence electrons. The van der Waals surface area contributed by atoms with Crippen molar-refractivity contribution in [2.45, 2.75) is 52.1 Å². The second kappa shape index (κ2) is 8.46. The van der Waals surface area contributed by atoms with Gasteiger partial charge in [-0.25, -0.2) is 9.48 Å². The molecule has 2 amide bonds. The molecule has 0 bridgehead atoms. The van der Waals surface area contributed by atoms with Gasteiger partial charge in [0.05, 0.1) is 25.4 Å². The lowest BCUT2D eigenvalue weighted by Crippen LogP contribution is -2.35. The fraction of sp³-hybridized carbons (Fsp3) is 0.524. The van der Waals surface area contributed by atoms with Crippen molar-refractivity contribution in [1.29, 1.82) is 0 Å². The summed E-state index contributed by atoms with van der Waals surface area (Å²) in [7, 11) is 1.66. The van der Waals surface area contributed by atoms with E-state index in [2.05, 4.69) is 31.2 Å². The molecule has 1 fully saturated rings. The van der Waals surface area contributed by atoms with E-state index in [1.165, 1.54) is 0 Å². The Balaban J connectivity index is 1.71. The van der Waals surface area contributed by atoms with E-state index in [4.69, 9.17) is 4.74 Å². The van der Waals surface area contributed by atoms with E-state index in [1.807, 2.05) is 39.9 Å². The lowest BCUT2D eigenvalue weighted by atomic mass is 10.0. The minimum atomic E-state index is -0.0631. The van der Waals surface area contributed by atoms with Gasteiger partial charge in [0.25, 0.3) is 0 Å². The number of ether oxygens (including phenoxy) is 1. The van der Waals surface area contributed by atoms with E-state index < -0.39 is 0 Å². The zero-order valence-electron chi connectivity index (χ0n) is 16.7. The molecule has 1 aromatic carbocycles. The number of amides is 2. The minimum absolute atomic E-state index is 0.0631. The van der Waals surface area contributed by atoms with E-state index in [1.54, 1.807) is 13.3 Å². The Morgan fingerprint density at radius 1 is 1.26 bits per heavy atom. The highest BCUT2D eigenvalue weighted by Crippen LogP contribution is 2.33. The summed E-state index contributed by atoms with van der Waals surface area (Å²) in [4.78, 5) is 14.9. The first-order valence-corrected chi connectivity index (χ1v) is 9.74. The van der Waals surface area contributed by atoms with Crippen molar-refractivity contribution in [3.63, 3.8) is 0 Å². The van der Waals surface area contributed by atoms with Crippen LogP contribution in [0.2, 0.25) is 0 Å². The van der Waals surface area contributed by atoms with Gasteiger partial charge in [0, 0.05) is 12.6 Å². The topological polar surface area (TPSA) is 59.4 Å². The van der Waals surface area contributed by atoms with E-state index in [0.717, 1.165) is 42.9 Å². The molecule has 1 aromatic heterocycles. The van der Waals surface area contributed by atoms with Crippen LogP contribution in [0, 0.1) is 5.92 Å². The number of nitrogens with one attached hydrogen (secondary N) is 1. The zero-order valence-corrected chi connectivity index (χ0v) is 16.7. The van der Waals surface area contributed by atoms with Gasteiger partial charge in [-0.3, -0.25) is 5.32 Å². The summed E-state index contributed by atoms with van der Waals surface area (Å²) in [6, 6.07) is 10.1. The highest BCUT2D eigenvalue weighted by Gasteiger charge is 2.30. The number of carbonyl (C=O) groups is 1. The fourth-order valence-corrected chi connectivity index (χ4v) is 3.91. The highest BCUT2D eigenvalue weighted by molar-refractivity contribution is 5.89. The zero-order chi connectivity index (χ0) is 19.4. The number of methoxy groups -OCH3 is 1. The summed E-state index contributed by atoms with van der Waals surface area (Å²) in [6.07, 6.45) is 4.75. The van der Waals surface area contributed by atoms with Gasteiger partial charge in [-0.1, -0.05) is 26.0 Å². The Labute approximate surface area is 161 Å². The number of nitrogens with zero attached hydrogens (tertiary/aromatic N) is 3. The molecular formula is C21H30N4O2. The molecule has 2 aromatic rings. The molecule has 0 unspecified atom stereocenters. The first-order valence-electron chi connectivity index (χ1n) is 9.74. The summed E-state index contributed by atoms with van der Waals surface area (Å²) in [6.45, 7) is 7.29.